The number of carbonyl (C=O) groups is 3. The van der Waals surface area contributed by atoms with Gasteiger partial charge in [0, 0.05) is 49.1 Å². The van der Waals surface area contributed by atoms with E-state index in [1.807, 2.05) is 4.90 Å². The van der Waals surface area contributed by atoms with Crippen molar-refractivity contribution >= 4 is 51.8 Å². The maximum absolute atomic E-state index is 12.5. The number of furan rings is 1. The van der Waals surface area contributed by atoms with Crippen LogP contribution in [0.2, 0.25) is 0 Å². The Labute approximate surface area is 192 Å². The molecule has 0 aliphatic carbocycles. The van der Waals surface area contributed by atoms with Crippen molar-refractivity contribution in [2.45, 2.75) is 6.54 Å². The number of benzene rings is 1. The third-order valence-electron chi connectivity index (χ3n) is 4.87. The van der Waals surface area contributed by atoms with Gasteiger partial charge in [0.2, 0.25) is 11.1 Å². The monoisotopic (exact) mass is 470 g/mol. The van der Waals surface area contributed by atoms with Crippen LogP contribution in [-0.4, -0.2) is 58.3 Å². The van der Waals surface area contributed by atoms with Gasteiger partial charge < -0.3 is 35.9 Å². The highest BCUT2D eigenvalue weighted by molar-refractivity contribution is 7.09. The lowest BCUT2D eigenvalue weighted by Gasteiger charge is -2.33. The molecule has 4 rings (SSSR count). The van der Waals surface area contributed by atoms with E-state index in [9.17, 15) is 14.4 Å². The average molecular weight is 471 g/mol. The van der Waals surface area contributed by atoms with E-state index in [0.717, 1.165) is 0 Å². The summed E-state index contributed by atoms with van der Waals surface area (Å²) in [7, 11) is 0. The summed E-state index contributed by atoms with van der Waals surface area (Å²) < 4.78 is 9.10. The standard InChI is InChI=1S/C20H22N8O4S/c21-18-25-20(33-26-18)28-9-7-27(8-10-28)17(30)16(29)23-13-3-5-14(6-4-13)24-19(31)22-12-15-2-1-11-32-15/h1-6,11H,7-10,12H2,(H2,21,26)(H,23,29)(H2,22,24,31). The van der Waals surface area contributed by atoms with Crippen molar-refractivity contribution in [2.24, 2.45) is 0 Å². The maximum Gasteiger partial charge on any atom is 0.319 e. The number of nitrogens with one attached hydrogen (secondary N) is 3. The molecule has 0 bridgehead atoms. The summed E-state index contributed by atoms with van der Waals surface area (Å²) in [5.41, 5.74) is 6.53. The summed E-state index contributed by atoms with van der Waals surface area (Å²) in [5, 5.41) is 8.63. The Morgan fingerprint density at radius 1 is 1.03 bits per heavy atom. The summed E-state index contributed by atoms with van der Waals surface area (Å²) >= 11 is 1.20. The van der Waals surface area contributed by atoms with E-state index in [4.69, 9.17) is 10.2 Å². The number of nitrogen functional groups attached to an aromatic ring is 1. The molecule has 3 aromatic rings. The topological polar surface area (TPSA) is 159 Å². The predicted molar refractivity (Wildman–Crippen MR) is 123 cm³/mol. The number of amides is 4. The number of hydrogen-bond acceptors (Lipinski definition) is 9. The van der Waals surface area contributed by atoms with Crippen molar-refractivity contribution in [3.05, 3.63) is 48.4 Å². The first-order chi connectivity index (χ1) is 16.0. The van der Waals surface area contributed by atoms with Gasteiger partial charge in [0.15, 0.2) is 0 Å². The zero-order chi connectivity index (χ0) is 23.2. The Hall–Kier alpha value is -4.13. The lowest BCUT2D eigenvalue weighted by molar-refractivity contribution is -0.143. The Bertz CT molecular complexity index is 1110. The zero-order valence-electron chi connectivity index (χ0n) is 17.5. The smallest absolute Gasteiger partial charge is 0.319 e. The number of nitrogens with two attached hydrogens (primary N) is 1. The first-order valence-electron chi connectivity index (χ1n) is 10.1. The Morgan fingerprint density at radius 2 is 1.73 bits per heavy atom. The molecule has 33 heavy (non-hydrogen) atoms. The number of aromatic nitrogens is 2. The van der Waals surface area contributed by atoms with Crippen molar-refractivity contribution in [3.63, 3.8) is 0 Å². The minimum atomic E-state index is -0.722. The number of carbonyl (C=O) groups excluding carboxylic acids is 3. The lowest BCUT2D eigenvalue weighted by atomic mass is 10.2. The summed E-state index contributed by atoms with van der Waals surface area (Å²) in [5.74, 6) is -0.464. The number of nitrogens with zero attached hydrogens (tertiary/aromatic N) is 4. The quantitative estimate of drug-likeness (QED) is 0.406. The van der Waals surface area contributed by atoms with Gasteiger partial charge in [-0.15, -0.1) is 0 Å². The molecule has 5 N–H and O–H groups in total. The van der Waals surface area contributed by atoms with Gasteiger partial charge in [0.25, 0.3) is 0 Å². The second kappa shape index (κ2) is 9.99. The molecule has 2 aromatic heterocycles. The summed E-state index contributed by atoms with van der Waals surface area (Å²) in [6, 6.07) is 9.56. The number of urea groups is 1. The lowest BCUT2D eigenvalue weighted by Crippen LogP contribution is -2.51. The average Bonchev–Trinajstić information content (AvgIpc) is 3.50. The molecule has 13 heteroatoms. The second-order valence-corrected chi connectivity index (χ2v) is 7.86. The van der Waals surface area contributed by atoms with Crippen LogP contribution in [-0.2, 0) is 16.1 Å². The molecule has 4 amide bonds. The molecule has 0 unspecified atom stereocenters. The molecule has 0 spiro atoms. The van der Waals surface area contributed by atoms with Crippen molar-refractivity contribution in [1.82, 2.24) is 19.6 Å². The number of hydrogen-bond donors (Lipinski definition) is 4. The van der Waals surface area contributed by atoms with Gasteiger partial charge in [-0.3, -0.25) is 9.59 Å². The van der Waals surface area contributed by atoms with E-state index < -0.39 is 17.8 Å². The minimum Gasteiger partial charge on any atom is -0.467 e. The van der Waals surface area contributed by atoms with Crippen LogP contribution in [0.3, 0.4) is 0 Å². The van der Waals surface area contributed by atoms with Gasteiger partial charge in [-0.2, -0.15) is 9.36 Å². The van der Waals surface area contributed by atoms with Crippen LogP contribution in [0.4, 0.5) is 27.2 Å². The molecule has 172 valence electrons. The van der Waals surface area contributed by atoms with Crippen LogP contribution in [0.5, 0.6) is 0 Å². The highest BCUT2D eigenvalue weighted by Crippen LogP contribution is 2.20. The third kappa shape index (κ3) is 5.77. The molecular weight excluding hydrogens is 448 g/mol. The summed E-state index contributed by atoms with van der Waals surface area (Å²) in [4.78, 5) is 44.5. The molecule has 1 fully saturated rings. The fourth-order valence-corrected chi connectivity index (χ4v) is 3.82. The molecule has 0 saturated carbocycles. The number of anilines is 4. The molecule has 1 aliphatic rings. The van der Waals surface area contributed by atoms with E-state index in [-0.39, 0.29) is 12.5 Å². The fraction of sp³-hybridized carbons (Fsp3) is 0.250. The highest BCUT2D eigenvalue weighted by atomic mass is 32.1. The normalized spacial score (nSPS) is 13.5. The Morgan fingerprint density at radius 3 is 2.33 bits per heavy atom. The molecule has 3 heterocycles. The maximum atomic E-state index is 12.5. The van der Waals surface area contributed by atoms with E-state index in [2.05, 4.69) is 25.3 Å². The van der Waals surface area contributed by atoms with E-state index in [1.165, 1.54) is 22.7 Å². The van der Waals surface area contributed by atoms with Crippen molar-refractivity contribution in [3.8, 4) is 0 Å². The Balaban J connectivity index is 1.22. The van der Waals surface area contributed by atoms with Crippen molar-refractivity contribution in [2.75, 3.05) is 47.4 Å². The van der Waals surface area contributed by atoms with Crippen LogP contribution in [0.1, 0.15) is 5.76 Å². The summed E-state index contributed by atoms with van der Waals surface area (Å²) in [6.07, 6.45) is 1.53. The molecule has 1 aromatic carbocycles. The fourth-order valence-electron chi connectivity index (χ4n) is 3.18. The van der Waals surface area contributed by atoms with E-state index >= 15 is 0 Å². The third-order valence-corrected chi connectivity index (χ3v) is 5.66. The number of piperazine rings is 1. The van der Waals surface area contributed by atoms with Gasteiger partial charge in [-0.05, 0) is 36.4 Å². The SMILES string of the molecule is Nc1nsc(N2CCN(C(=O)C(=O)Nc3ccc(NC(=O)NCc4ccco4)cc3)CC2)n1. The minimum absolute atomic E-state index is 0.226. The van der Waals surface area contributed by atoms with Crippen LogP contribution in [0.15, 0.2) is 47.1 Å². The van der Waals surface area contributed by atoms with E-state index in [1.54, 1.807) is 36.4 Å². The highest BCUT2D eigenvalue weighted by Gasteiger charge is 2.27. The van der Waals surface area contributed by atoms with Gasteiger partial charge in [-0.1, -0.05) is 0 Å². The predicted octanol–water partition coefficient (Wildman–Crippen LogP) is 1.32. The summed E-state index contributed by atoms with van der Waals surface area (Å²) in [6.45, 7) is 2.12. The van der Waals surface area contributed by atoms with Gasteiger partial charge in [-0.25, -0.2) is 4.79 Å². The molecule has 12 nitrogen and oxygen atoms in total. The van der Waals surface area contributed by atoms with Crippen molar-refractivity contribution < 1.29 is 18.8 Å². The van der Waals surface area contributed by atoms with Gasteiger partial charge >= 0.3 is 17.8 Å². The molecule has 0 radical (unpaired) electrons. The van der Waals surface area contributed by atoms with Crippen LogP contribution in [0.25, 0.3) is 0 Å². The van der Waals surface area contributed by atoms with E-state index in [0.29, 0.717) is 48.4 Å². The van der Waals surface area contributed by atoms with Gasteiger partial charge in [0.05, 0.1) is 12.8 Å². The first-order valence-corrected chi connectivity index (χ1v) is 10.9. The van der Waals surface area contributed by atoms with Crippen molar-refractivity contribution in [1.29, 1.82) is 0 Å². The molecule has 0 atom stereocenters. The van der Waals surface area contributed by atoms with Gasteiger partial charge in [0.1, 0.15) is 5.76 Å². The zero-order valence-corrected chi connectivity index (χ0v) is 18.3. The first kappa shape index (κ1) is 22.1. The number of rotatable bonds is 5. The Kier molecular flexibility index (Phi) is 6.69. The largest absolute Gasteiger partial charge is 0.467 e. The van der Waals surface area contributed by atoms with Crippen LogP contribution in [0, 0.1) is 0 Å². The molecule has 1 aliphatic heterocycles. The molecule has 1 saturated heterocycles. The molecular formula is C20H22N8O4S. The second-order valence-electron chi connectivity index (χ2n) is 7.13. The van der Waals surface area contributed by atoms with Crippen LogP contribution >= 0.6 is 11.5 Å². The van der Waals surface area contributed by atoms with Crippen LogP contribution < -0.4 is 26.6 Å².